The van der Waals surface area contributed by atoms with Gasteiger partial charge in [0.25, 0.3) is 0 Å². The van der Waals surface area contributed by atoms with E-state index >= 15 is 0 Å². The summed E-state index contributed by atoms with van der Waals surface area (Å²) in [6.07, 6.45) is 1.25. The van der Waals surface area contributed by atoms with Crippen LogP contribution in [0, 0.1) is 17.5 Å². The minimum absolute atomic E-state index is 0.121. The summed E-state index contributed by atoms with van der Waals surface area (Å²) in [5, 5.41) is -0.121. The van der Waals surface area contributed by atoms with Crippen LogP contribution in [0.2, 0.25) is 0 Å². The number of nitrogens with zero attached hydrogens (tertiary/aromatic N) is 1. The lowest BCUT2D eigenvalue weighted by Gasteiger charge is -2.04. The highest BCUT2D eigenvalue weighted by atomic mass is 19.2. The molecule has 0 atom stereocenters. The molecule has 1 aromatic heterocycles. The van der Waals surface area contributed by atoms with Gasteiger partial charge in [0.1, 0.15) is 11.2 Å². The van der Waals surface area contributed by atoms with Crippen molar-refractivity contribution in [2.24, 2.45) is 0 Å². The third kappa shape index (κ3) is 1.02. The second-order valence-corrected chi connectivity index (χ2v) is 2.76. The van der Waals surface area contributed by atoms with Gasteiger partial charge in [0.2, 0.25) is 0 Å². The Morgan fingerprint density at radius 3 is 2.50 bits per heavy atom. The number of rotatable bonds is 0. The molecule has 2 N–H and O–H groups in total. The fourth-order valence-electron chi connectivity index (χ4n) is 1.22. The van der Waals surface area contributed by atoms with Crippen LogP contribution in [0.25, 0.3) is 10.9 Å². The van der Waals surface area contributed by atoms with E-state index in [0.717, 1.165) is 0 Å². The molecule has 2 nitrogen and oxygen atoms in total. The van der Waals surface area contributed by atoms with E-state index in [4.69, 9.17) is 5.73 Å². The molecular weight excluding hydrogens is 193 g/mol. The Labute approximate surface area is 77.2 Å². The molecular formula is C9H5F3N2. The first kappa shape index (κ1) is 8.80. The Bertz CT molecular complexity index is 464. The average molecular weight is 198 g/mol. The number of halogens is 3. The second kappa shape index (κ2) is 2.87. The maximum atomic E-state index is 13.3. The van der Waals surface area contributed by atoms with Gasteiger partial charge in [0.15, 0.2) is 17.5 Å². The number of hydrogen-bond acceptors (Lipinski definition) is 2. The molecule has 0 saturated carbocycles. The Morgan fingerprint density at radius 2 is 1.79 bits per heavy atom. The standard InChI is InChI=1S/C9H5F3N2/c10-5-4-2-1-3-14-9(4)7(12)6(11)8(5)13/h1-3H,13H2. The first-order chi connectivity index (χ1) is 6.63. The molecule has 0 amide bonds. The van der Waals surface area contributed by atoms with Crippen LogP contribution in [0.5, 0.6) is 0 Å². The summed E-state index contributed by atoms with van der Waals surface area (Å²) in [7, 11) is 0. The van der Waals surface area contributed by atoms with Crippen LogP contribution < -0.4 is 5.73 Å². The smallest absolute Gasteiger partial charge is 0.187 e. The van der Waals surface area contributed by atoms with Crippen molar-refractivity contribution in [3.05, 3.63) is 35.8 Å². The molecule has 0 aliphatic carbocycles. The average Bonchev–Trinajstić information content (AvgIpc) is 2.23. The maximum absolute atomic E-state index is 13.3. The number of anilines is 1. The van der Waals surface area contributed by atoms with Crippen molar-refractivity contribution in [2.45, 2.75) is 0 Å². The van der Waals surface area contributed by atoms with Gasteiger partial charge in [-0.05, 0) is 12.1 Å². The molecule has 0 saturated heterocycles. The highest BCUT2D eigenvalue weighted by Crippen LogP contribution is 2.27. The minimum atomic E-state index is -1.39. The molecule has 0 unspecified atom stereocenters. The summed E-state index contributed by atoms with van der Waals surface area (Å²) in [6, 6.07) is 2.71. The number of pyridine rings is 1. The predicted molar refractivity (Wildman–Crippen MR) is 46.0 cm³/mol. The molecule has 5 heteroatoms. The van der Waals surface area contributed by atoms with Crippen LogP contribution in [0.3, 0.4) is 0 Å². The quantitative estimate of drug-likeness (QED) is 0.520. The Morgan fingerprint density at radius 1 is 1.07 bits per heavy atom. The Hall–Kier alpha value is -1.78. The van der Waals surface area contributed by atoms with Crippen molar-refractivity contribution in [1.29, 1.82) is 0 Å². The van der Waals surface area contributed by atoms with Crippen LogP contribution in [0.1, 0.15) is 0 Å². The van der Waals surface area contributed by atoms with E-state index in [9.17, 15) is 13.2 Å². The lowest BCUT2D eigenvalue weighted by Crippen LogP contribution is -2.01. The van der Waals surface area contributed by atoms with Gasteiger partial charge in [-0.2, -0.15) is 0 Å². The van der Waals surface area contributed by atoms with E-state index in [0.29, 0.717) is 0 Å². The third-order valence-electron chi connectivity index (χ3n) is 1.92. The van der Waals surface area contributed by atoms with E-state index in [2.05, 4.69) is 4.98 Å². The molecule has 0 bridgehead atoms. The van der Waals surface area contributed by atoms with Crippen molar-refractivity contribution in [1.82, 2.24) is 4.98 Å². The zero-order chi connectivity index (χ0) is 10.3. The fraction of sp³-hybridized carbons (Fsp3) is 0. The van der Waals surface area contributed by atoms with Crippen molar-refractivity contribution in [2.75, 3.05) is 5.73 Å². The number of aromatic nitrogens is 1. The number of nitrogens with two attached hydrogens (primary N) is 1. The number of nitrogen functional groups attached to an aromatic ring is 1. The lowest BCUT2D eigenvalue weighted by atomic mass is 10.1. The Kier molecular flexibility index (Phi) is 1.80. The molecule has 72 valence electrons. The van der Waals surface area contributed by atoms with Gasteiger partial charge in [0.05, 0.1) is 0 Å². The number of hydrogen-bond donors (Lipinski definition) is 1. The lowest BCUT2D eigenvalue weighted by molar-refractivity contribution is 0.509. The van der Waals surface area contributed by atoms with E-state index in [-0.39, 0.29) is 10.9 Å². The van der Waals surface area contributed by atoms with Gasteiger partial charge in [-0.1, -0.05) is 0 Å². The van der Waals surface area contributed by atoms with Crippen molar-refractivity contribution in [3.63, 3.8) is 0 Å². The topological polar surface area (TPSA) is 38.9 Å². The van der Waals surface area contributed by atoms with Crippen LogP contribution in [0.15, 0.2) is 18.3 Å². The summed E-state index contributed by atoms with van der Waals surface area (Å²) >= 11 is 0. The largest absolute Gasteiger partial charge is 0.394 e. The van der Waals surface area contributed by atoms with Gasteiger partial charge in [-0.25, -0.2) is 13.2 Å². The normalized spacial score (nSPS) is 10.8. The molecule has 2 rings (SSSR count). The molecule has 1 heterocycles. The number of fused-ring (bicyclic) bond motifs is 1. The summed E-state index contributed by atoms with van der Waals surface area (Å²) in [5.41, 5.74) is 3.86. The van der Waals surface area contributed by atoms with Gasteiger partial charge < -0.3 is 5.73 Å². The third-order valence-corrected chi connectivity index (χ3v) is 1.92. The zero-order valence-electron chi connectivity index (χ0n) is 6.89. The van der Waals surface area contributed by atoms with Gasteiger partial charge in [0, 0.05) is 11.6 Å². The van der Waals surface area contributed by atoms with Crippen molar-refractivity contribution < 1.29 is 13.2 Å². The molecule has 0 fully saturated rings. The van der Waals surface area contributed by atoms with E-state index in [1.54, 1.807) is 0 Å². The molecule has 0 aliphatic heterocycles. The zero-order valence-corrected chi connectivity index (χ0v) is 6.89. The molecule has 0 spiro atoms. The summed E-state index contributed by atoms with van der Waals surface area (Å²) in [6.45, 7) is 0. The van der Waals surface area contributed by atoms with Crippen LogP contribution in [-0.2, 0) is 0 Å². The van der Waals surface area contributed by atoms with Gasteiger partial charge in [-0.3, -0.25) is 4.98 Å². The van der Waals surface area contributed by atoms with Crippen molar-refractivity contribution >= 4 is 16.6 Å². The van der Waals surface area contributed by atoms with Crippen LogP contribution in [-0.4, -0.2) is 4.98 Å². The monoisotopic (exact) mass is 198 g/mol. The highest BCUT2D eigenvalue weighted by Gasteiger charge is 2.18. The highest BCUT2D eigenvalue weighted by molar-refractivity contribution is 5.83. The van der Waals surface area contributed by atoms with Gasteiger partial charge >= 0.3 is 0 Å². The summed E-state index contributed by atoms with van der Waals surface area (Å²) in [4.78, 5) is 3.53. The first-order valence-corrected chi connectivity index (χ1v) is 3.79. The van der Waals surface area contributed by atoms with E-state index < -0.39 is 23.1 Å². The molecule has 0 aliphatic rings. The maximum Gasteiger partial charge on any atom is 0.187 e. The summed E-state index contributed by atoms with van der Waals surface area (Å²) in [5.74, 6) is -3.60. The number of benzene rings is 1. The van der Waals surface area contributed by atoms with Crippen LogP contribution in [0.4, 0.5) is 18.9 Å². The minimum Gasteiger partial charge on any atom is -0.394 e. The molecule has 2 aromatic rings. The van der Waals surface area contributed by atoms with Crippen LogP contribution >= 0.6 is 0 Å². The van der Waals surface area contributed by atoms with E-state index in [1.165, 1.54) is 18.3 Å². The predicted octanol–water partition coefficient (Wildman–Crippen LogP) is 2.23. The Balaban J connectivity index is 3.02. The van der Waals surface area contributed by atoms with Gasteiger partial charge in [-0.15, -0.1) is 0 Å². The molecule has 14 heavy (non-hydrogen) atoms. The fourth-order valence-corrected chi connectivity index (χ4v) is 1.22. The van der Waals surface area contributed by atoms with E-state index in [1.807, 2.05) is 0 Å². The first-order valence-electron chi connectivity index (χ1n) is 3.79. The van der Waals surface area contributed by atoms with Crippen molar-refractivity contribution in [3.8, 4) is 0 Å². The summed E-state index contributed by atoms with van der Waals surface area (Å²) < 4.78 is 39.4. The molecule has 1 aromatic carbocycles. The SMILES string of the molecule is Nc1c(F)c(F)c2ncccc2c1F. The molecule has 0 radical (unpaired) electrons. The second-order valence-electron chi connectivity index (χ2n) is 2.76.